The zero-order valence-corrected chi connectivity index (χ0v) is 21.2. The summed E-state index contributed by atoms with van der Waals surface area (Å²) in [5, 5.41) is 8.84. The molecule has 2 fully saturated rings. The molecule has 1 saturated carbocycles. The number of ether oxygens (including phenoxy) is 1. The van der Waals surface area contributed by atoms with Crippen LogP contribution in [0.3, 0.4) is 0 Å². The molecule has 1 aliphatic carbocycles. The van der Waals surface area contributed by atoms with Gasteiger partial charge in [-0.1, -0.05) is 73.2 Å². The van der Waals surface area contributed by atoms with Crippen molar-refractivity contribution in [3.63, 3.8) is 0 Å². The third kappa shape index (κ3) is 7.62. The molecular weight excluding hydrogens is 450 g/mol. The predicted octanol–water partition coefficient (Wildman–Crippen LogP) is 5.81. The number of ketones is 1. The number of nitrogens with zero attached hydrogens (tertiary/aromatic N) is 1. The van der Waals surface area contributed by atoms with Crippen LogP contribution in [-0.2, 0) is 27.4 Å². The number of carboxylic acids is 1. The van der Waals surface area contributed by atoms with Crippen LogP contribution in [-0.4, -0.2) is 47.0 Å². The van der Waals surface area contributed by atoms with Gasteiger partial charge >= 0.3 is 5.97 Å². The number of aliphatic carboxylic acids is 1. The normalized spacial score (nSPS) is 22.9. The summed E-state index contributed by atoms with van der Waals surface area (Å²) in [7, 11) is 0. The summed E-state index contributed by atoms with van der Waals surface area (Å²) in [5.41, 5.74) is 3.70. The van der Waals surface area contributed by atoms with Crippen molar-refractivity contribution < 1.29 is 19.4 Å². The molecule has 5 nitrogen and oxygen atoms in total. The molecule has 1 aliphatic heterocycles. The molecule has 2 aromatic rings. The Kier molecular flexibility index (Phi) is 9.88. The van der Waals surface area contributed by atoms with E-state index in [2.05, 4.69) is 65.6 Å². The van der Waals surface area contributed by atoms with Gasteiger partial charge < -0.3 is 9.84 Å². The number of likely N-dealkylation sites (tertiary alicyclic amines) is 1. The molecule has 1 heterocycles. The summed E-state index contributed by atoms with van der Waals surface area (Å²) in [5.74, 6) is -0.301. The van der Waals surface area contributed by atoms with Gasteiger partial charge in [-0.05, 0) is 68.3 Å². The molecule has 0 unspecified atom stereocenters. The Hall–Kier alpha value is -2.76. The Bertz CT molecular complexity index is 995. The predicted molar refractivity (Wildman–Crippen MR) is 142 cm³/mol. The number of benzene rings is 2. The summed E-state index contributed by atoms with van der Waals surface area (Å²) >= 11 is 0. The van der Waals surface area contributed by atoms with Gasteiger partial charge in [-0.2, -0.15) is 0 Å². The SMILES string of the molecule is O=C(O)CCC/C=C\C[C@H]1[C@H](N2CCCCC2)C(=O)C[C@H]1OCc1ccc(Cc2ccccc2)cc1. The van der Waals surface area contributed by atoms with Crippen LogP contribution < -0.4 is 0 Å². The molecule has 0 radical (unpaired) electrons. The Morgan fingerprint density at radius 2 is 1.64 bits per heavy atom. The van der Waals surface area contributed by atoms with Crippen LogP contribution in [0.1, 0.15) is 68.1 Å². The van der Waals surface area contributed by atoms with Gasteiger partial charge in [0.15, 0.2) is 5.78 Å². The van der Waals surface area contributed by atoms with Gasteiger partial charge in [0.05, 0.1) is 18.8 Å². The quantitative estimate of drug-likeness (QED) is 0.301. The Labute approximate surface area is 215 Å². The van der Waals surface area contributed by atoms with Crippen LogP contribution in [0.2, 0.25) is 0 Å². The first-order chi connectivity index (χ1) is 17.6. The highest BCUT2D eigenvalue weighted by Crippen LogP contribution is 2.35. The maximum absolute atomic E-state index is 13.1. The van der Waals surface area contributed by atoms with E-state index in [1.807, 2.05) is 6.07 Å². The number of carbonyl (C=O) groups excluding carboxylic acids is 1. The van der Waals surface area contributed by atoms with Gasteiger partial charge in [0.2, 0.25) is 0 Å². The van der Waals surface area contributed by atoms with Crippen LogP contribution >= 0.6 is 0 Å². The summed E-state index contributed by atoms with van der Waals surface area (Å²) in [6.07, 6.45) is 11.4. The lowest BCUT2D eigenvalue weighted by atomic mass is 9.93. The highest BCUT2D eigenvalue weighted by atomic mass is 16.5. The molecule has 0 amide bonds. The zero-order chi connectivity index (χ0) is 25.2. The average Bonchev–Trinajstić information content (AvgIpc) is 3.21. The van der Waals surface area contributed by atoms with Crippen molar-refractivity contribution in [3.05, 3.63) is 83.4 Å². The summed E-state index contributed by atoms with van der Waals surface area (Å²) < 4.78 is 6.40. The summed E-state index contributed by atoms with van der Waals surface area (Å²) in [4.78, 5) is 26.3. The number of carboxylic acid groups (broad SMARTS) is 1. The monoisotopic (exact) mass is 489 g/mol. The van der Waals surface area contributed by atoms with Crippen molar-refractivity contribution in [2.75, 3.05) is 13.1 Å². The molecule has 3 atom stereocenters. The van der Waals surface area contributed by atoms with Gasteiger partial charge in [-0.3, -0.25) is 14.5 Å². The minimum absolute atomic E-state index is 0.0628. The fourth-order valence-corrected chi connectivity index (χ4v) is 5.58. The second kappa shape index (κ2) is 13.5. The third-order valence-electron chi connectivity index (χ3n) is 7.47. The van der Waals surface area contributed by atoms with Gasteiger partial charge in [-0.25, -0.2) is 0 Å². The van der Waals surface area contributed by atoms with Gasteiger partial charge in [0.25, 0.3) is 0 Å². The van der Waals surface area contributed by atoms with Crippen LogP contribution in [0, 0.1) is 5.92 Å². The Morgan fingerprint density at radius 1 is 0.944 bits per heavy atom. The minimum Gasteiger partial charge on any atom is -0.481 e. The lowest BCUT2D eigenvalue weighted by Gasteiger charge is -2.35. The number of allylic oxidation sites excluding steroid dienone is 2. The fourth-order valence-electron chi connectivity index (χ4n) is 5.58. The number of Topliss-reactive ketones (excluding diaryl/α,β-unsaturated/α-hetero) is 1. The highest BCUT2D eigenvalue weighted by Gasteiger charge is 2.45. The van der Waals surface area contributed by atoms with E-state index in [9.17, 15) is 9.59 Å². The molecule has 0 aromatic heterocycles. The molecule has 5 heteroatoms. The third-order valence-corrected chi connectivity index (χ3v) is 7.47. The maximum Gasteiger partial charge on any atom is 0.303 e. The van der Waals surface area contributed by atoms with Crippen molar-refractivity contribution in [3.8, 4) is 0 Å². The Morgan fingerprint density at radius 3 is 2.36 bits per heavy atom. The first-order valence-electron chi connectivity index (χ1n) is 13.5. The molecule has 4 rings (SSSR count). The summed E-state index contributed by atoms with van der Waals surface area (Å²) in [6.45, 7) is 2.49. The summed E-state index contributed by atoms with van der Waals surface area (Å²) in [6, 6.07) is 19.0. The van der Waals surface area contributed by atoms with Crippen LogP contribution in [0.4, 0.5) is 0 Å². The number of carbonyl (C=O) groups is 2. The lowest BCUT2D eigenvalue weighted by molar-refractivity contribution is -0.137. The van der Waals surface area contributed by atoms with E-state index in [0.29, 0.717) is 25.2 Å². The number of unbranched alkanes of at least 4 members (excludes halogenated alkanes) is 1. The lowest BCUT2D eigenvalue weighted by Crippen LogP contribution is -2.46. The van der Waals surface area contributed by atoms with E-state index in [1.165, 1.54) is 17.5 Å². The first-order valence-corrected chi connectivity index (χ1v) is 13.5. The van der Waals surface area contributed by atoms with E-state index in [1.54, 1.807) is 0 Å². The van der Waals surface area contributed by atoms with Crippen LogP contribution in [0.15, 0.2) is 66.7 Å². The topological polar surface area (TPSA) is 66.8 Å². The molecule has 0 spiro atoms. The smallest absolute Gasteiger partial charge is 0.303 e. The molecule has 192 valence electrons. The van der Waals surface area contributed by atoms with Crippen molar-refractivity contribution in [2.45, 2.75) is 76.5 Å². The standard InChI is InChI=1S/C31H39NO4/c33-28-22-29(36-23-26-17-15-25(16-18-26)21-24-11-5-3-6-12-24)27(13-7-1-2-8-14-30(34)35)31(28)32-19-9-4-10-20-32/h1,3,5-7,11-12,15-18,27,29,31H,2,4,8-10,13-14,19-23H2,(H,34,35)/b7-1-/t27-,29-,31+/m1/s1. The first kappa shape index (κ1) is 26.3. The average molecular weight is 490 g/mol. The van der Waals surface area contributed by atoms with Crippen molar-refractivity contribution >= 4 is 11.8 Å². The fraction of sp³-hybridized carbons (Fsp3) is 0.484. The van der Waals surface area contributed by atoms with Crippen molar-refractivity contribution in [2.24, 2.45) is 5.92 Å². The Balaban J connectivity index is 1.36. The van der Waals surface area contributed by atoms with E-state index in [0.717, 1.165) is 50.8 Å². The zero-order valence-electron chi connectivity index (χ0n) is 21.2. The maximum atomic E-state index is 13.1. The van der Waals surface area contributed by atoms with Crippen LogP contribution in [0.5, 0.6) is 0 Å². The number of hydrogen-bond donors (Lipinski definition) is 1. The van der Waals surface area contributed by atoms with Gasteiger partial charge in [0.1, 0.15) is 0 Å². The number of piperidine rings is 1. The molecule has 1 N–H and O–H groups in total. The van der Waals surface area contributed by atoms with E-state index in [4.69, 9.17) is 9.84 Å². The molecule has 0 bridgehead atoms. The highest BCUT2D eigenvalue weighted by molar-refractivity contribution is 5.87. The van der Waals surface area contributed by atoms with E-state index >= 15 is 0 Å². The number of rotatable bonds is 12. The van der Waals surface area contributed by atoms with E-state index in [-0.39, 0.29) is 24.5 Å². The molecule has 1 saturated heterocycles. The van der Waals surface area contributed by atoms with Crippen molar-refractivity contribution in [1.82, 2.24) is 4.90 Å². The minimum atomic E-state index is -0.753. The van der Waals surface area contributed by atoms with E-state index < -0.39 is 5.97 Å². The van der Waals surface area contributed by atoms with Crippen molar-refractivity contribution in [1.29, 1.82) is 0 Å². The number of hydrogen-bond acceptors (Lipinski definition) is 4. The van der Waals surface area contributed by atoms with Crippen LogP contribution in [0.25, 0.3) is 0 Å². The largest absolute Gasteiger partial charge is 0.481 e. The van der Waals surface area contributed by atoms with Gasteiger partial charge in [0, 0.05) is 18.8 Å². The molecule has 2 aliphatic rings. The molecular formula is C31H39NO4. The second-order valence-electron chi connectivity index (χ2n) is 10.2. The van der Waals surface area contributed by atoms with Gasteiger partial charge in [-0.15, -0.1) is 0 Å². The second-order valence-corrected chi connectivity index (χ2v) is 10.2. The molecule has 36 heavy (non-hydrogen) atoms. The molecule has 2 aromatic carbocycles.